The van der Waals surface area contributed by atoms with Crippen molar-refractivity contribution in [1.82, 2.24) is 19.9 Å². The Morgan fingerprint density at radius 3 is 2.92 bits per heavy atom. The number of hydrogen-bond acceptors (Lipinski definition) is 5. The Morgan fingerprint density at radius 1 is 1.21 bits per heavy atom. The molecule has 0 fully saturated rings. The Hall–Kier alpha value is -3.02. The normalized spacial score (nSPS) is 13.6. The quantitative estimate of drug-likeness (QED) is 0.724. The van der Waals surface area contributed by atoms with Crippen LogP contribution in [0.15, 0.2) is 42.7 Å². The van der Waals surface area contributed by atoms with Crippen molar-refractivity contribution in [1.29, 1.82) is 0 Å². The average molecular weight is 320 g/mol. The minimum Gasteiger partial charge on any atom is -0.480 e. The lowest BCUT2D eigenvalue weighted by atomic mass is 10.0. The molecule has 0 aromatic carbocycles. The third-order valence-corrected chi connectivity index (χ3v) is 4.22. The molecule has 120 valence electrons. The van der Waals surface area contributed by atoms with Gasteiger partial charge in [0.05, 0.1) is 7.11 Å². The van der Waals surface area contributed by atoms with Crippen molar-refractivity contribution in [2.75, 3.05) is 13.7 Å². The lowest BCUT2D eigenvalue weighted by molar-refractivity contribution is 0.0729. The van der Waals surface area contributed by atoms with E-state index in [0.717, 1.165) is 28.7 Å². The summed E-state index contributed by atoms with van der Waals surface area (Å²) in [5.74, 6) is 0.283. The molecule has 3 aromatic heterocycles. The molecule has 0 atom stereocenters. The standard InChI is InChI=1S/C18H16N4O2/c1-24-17-14(5-3-8-20-17)18(23)22-9-6-15-13(11-22)10-12-4-2-7-19-16(12)21-15/h2-5,7-8,10H,6,9,11H2,1H3. The van der Waals surface area contributed by atoms with Gasteiger partial charge in [-0.25, -0.2) is 15.0 Å². The molecule has 0 N–H and O–H groups in total. The van der Waals surface area contributed by atoms with Crippen LogP contribution in [0.2, 0.25) is 0 Å². The highest BCUT2D eigenvalue weighted by atomic mass is 16.5. The maximum absolute atomic E-state index is 12.8. The predicted molar refractivity (Wildman–Crippen MR) is 88.8 cm³/mol. The summed E-state index contributed by atoms with van der Waals surface area (Å²) in [5.41, 5.74) is 3.32. The van der Waals surface area contributed by atoms with Gasteiger partial charge in [0.2, 0.25) is 5.88 Å². The summed E-state index contributed by atoms with van der Waals surface area (Å²) in [6.45, 7) is 1.15. The first-order valence-electron chi connectivity index (χ1n) is 7.78. The van der Waals surface area contributed by atoms with Gasteiger partial charge in [-0.1, -0.05) is 0 Å². The number of aromatic nitrogens is 3. The van der Waals surface area contributed by atoms with Gasteiger partial charge in [-0.3, -0.25) is 4.79 Å². The summed E-state index contributed by atoms with van der Waals surface area (Å²) < 4.78 is 5.21. The Balaban J connectivity index is 1.66. The van der Waals surface area contributed by atoms with Gasteiger partial charge in [0.1, 0.15) is 5.56 Å². The molecule has 4 rings (SSSR count). The fourth-order valence-corrected chi connectivity index (χ4v) is 3.02. The summed E-state index contributed by atoms with van der Waals surface area (Å²) in [6, 6.07) is 9.44. The lowest BCUT2D eigenvalue weighted by Crippen LogP contribution is -2.36. The number of hydrogen-bond donors (Lipinski definition) is 0. The number of carbonyl (C=O) groups excluding carboxylic acids is 1. The summed E-state index contributed by atoms with van der Waals surface area (Å²) in [7, 11) is 1.52. The summed E-state index contributed by atoms with van der Waals surface area (Å²) in [6.07, 6.45) is 4.08. The molecule has 6 heteroatoms. The molecule has 4 heterocycles. The van der Waals surface area contributed by atoms with Crippen LogP contribution in [-0.2, 0) is 13.0 Å². The summed E-state index contributed by atoms with van der Waals surface area (Å²) in [4.78, 5) is 27.7. The molecule has 0 saturated carbocycles. The molecule has 1 aliphatic heterocycles. The third kappa shape index (κ3) is 2.46. The molecule has 0 bridgehead atoms. The summed E-state index contributed by atoms with van der Waals surface area (Å²) in [5, 5.41) is 0.990. The molecular formula is C18H16N4O2. The van der Waals surface area contributed by atoms with Crippen LogP contribution in [-0.4, -0.2) is 39.4 Å². The predicted octanol–water partition coefficient (Wildman–Crippen LogP) is 2.23. The first-order valence-corrected chi connectivity index (χ1v) is 7.78. The summed E-state index contributed by atoms with van der Waals surface area (Å²) >= 11 is 0. The second-order valence-electron chi connectivity index (χ2n) is 5.68. The first-order chi connectivity index (χ1) is 11.8. The van der Waals surface area contributed by atoms with Crippen molar-refractivity contribution in [3.05, 3.63) is 59.5 Å². The number of carbonyl (C=O) groups is 1. The number of fused-ring (bicyclic) bond motifs is 2. The smallest absolute Gasteiger partial charge is 0.259 e. The number of methoxy groups -OCH3 is 1. The van der Waals surface area contributed by atoms with Crippen LogP contribution in [0.25, 0.3) is 11.0 Å². The van der Waals surface area contributed by atoms with Gasteiger partial charge >= 0.3 is 0 Å². The molecule has 0 unspecified atom stereocenters. The monoisotopic (exact) mass is 320 g/mol. The van der Waals surface area contributed by atoms with Crippen molar-refractivity contribution in [3.8, 4) is 5.88 Å². The zero-order valence-corrected chi connectivity index (χ0v) is 13.3. The molecular weight excluding hydrogens is 304 g/mol. The number of ether oxygens (including phenoxy) is 1. The van der Waals surface area contributed by atoms with Crippen LogP contribution in [0.5, 0.6) is 5.88 Å². The van der Waals surface area contributed by atoms with E-state index in [-0.39, 0.29) is 5.91 Å². The number of rotatable bonds is 2. The molecule has 0 saturated heterocycles. The van der Waals surface area contributed by atoms with Crippen molar-refractivity contribution >= 4 is 16.9 Å². The van der Waals surface area contributed by atoms with Crippen LogP contribution < -0.4 is 4.74 Å². The van der Waals surface area contributed by atoms with Gasteiger partial charge in [-0.05, 0) is 35.9 Å². The minimum absolute atomic E-state index is 0.0723. The van der Waals surface area contributed by atoms with E-state index in [1.165, 1.54) is 7.11 Å². The van der Waals surface area contributed by atoms with Crippen molar-refractivity contribution in [2.24, 2.45) is 0 Å². The van der Waals surface area contributed by atoms with Crippen molar-refractivity contribution in [3.63, 3.8) is 0 Å². The molecule has 1 aliphatic rings. The second kappa shape index (κ2) is 5.88. The fraction of sp³-hybridized carbons (Fsp3) is 0.222. The Morgan fingerprint density at radius 2 is 2.04 bits per heavy atom. The lowest BCUT2D eigenvalue weighted by Gasteiger charge is -2.28. The van der Waals surface area contributed by atoms with Gasteiger partial charge in [0, 0.05) is 43.0 Å². The van der Waals surface area contributed by atoms with E-state index < -0.39 is 0 Å². The SMILES string of the molecule is COc1ncccc1C(=O)N1CCc2nc3ncccc3cc2C1. The van der Waals surface area contributed by atoms with Crippen LogP contribution in [0, 0.1) is 0 Å². The Kier molecular flexibility index (Phi) is 3.57. The van der Waals surface area contributed by atoms with Crippen LogP contribution >= 0.6 is 0 Å². The maximum atomic E-state index is 12.8. The third-order valence-electron chi connectivity index (χ3n) is 4.22. The number of pyridine rings is 3. The van der Waals surface area contributed by atoms with Crippen LogP contribution in [0.4, 0.5) is 0 Å². The first kappa shape index (κ1) is 14.6. The van der Waals surface area contributed by atoms with Crippen molar-refractivity contribution in [2.45, 2.75) is 13.0 Å². The maximum Gasteiger partial charge on any atom is 0.259 e. The van der Waals surface area contributed by atoms with Crippen LogP contribution in [0.3, 0.4) is 0 Å². The van der Waals surface area contributed by atoms with E-state index in [1.807, 2.05) is 17.0 Å². The largest absolute Gasteiger partial charge is 0.480 e. The highest BCUT2D eigenvalue weighted by Crippen LogP contribution is 2.24. The fourth-order valence-electron chi connectivity index (χ4n) is 3.02. The zero-order chi connectivity index (χ0) is 16.5. The van der Waals surface area contributed by atoms with E-state index in [2.05, 4.69) is 21.0 Å². The highest BCUT2D eigenvalue weighted by molar-refractivity contribution is 5.96. The average Bonchev–Trinajstić information content (AvgIpc) is 2.65. The van der Waals surface area contributed by atoms with Gasteiger partial charge < -0.3 is 9.64 Å². The number of nitrogens with zero attached hydrogens (tertiary/aromatic N) is 4. The van der Waals surface area contributed by atoms with E-state index in [1.54, 1.807) is 24.5 Å². The molecule has 24 heavy (non-hydrogen) atoms. The van der Waals surface area contributed by atoms with Crippen LogP contribution in [0.1, 0.15) is 21.6 Å². The van der Waals surface area contributed by atoms with Gasteiger partial charge in [-0.2, -0.15) is 0 Å². The molecule has 0 radical (unpaired) electrons. The number of amides is 1. The van der Waals surface area contributed by atoms with Crippen molar-refractivity contribution < 1.29 is 9.53 Å². The molecule has 1 amide bonds. The Bertz CT molecular complexity index is 926. The van der Waals surface area contributed by atoms with E-state index in [0.29, 0.717) is 24.5 Å². The van der Waals surface area contributed by atoms with Gasteiger partial charge in [-0.15, -0.1) is 0 Å². The van der Waals surface area contributed by atoms with E-state index >= 15 is 0 Å². The molecule has 0 aliphatic carbocycles. The topological polar surface area (TPSA) is 68.2 Å². The highest BCUT2D eigenvalue weighted by Gasteiger charge is 2.25. The minimum atomic E-state index is -0.0723. The molecule has 0 spiro atoms. The van der Waals surface area contributed by atoms with E-state index in [4.69, 9.17) is 4.74 Å². The Labute approximate surface area is 139 Å². The molecule has 3 aromatic rings. The van der Waals surface area contributed by atoms with Gasteiger partial charge in [0.15, 0.2) is 5.65 Å². The van der Waals surface area contributed by atoms with Gasteiger partial charge in [0.25, 0.3) is 5.91 Å². The molecule has 6 nitrogen and oxygen atoms in total. The second-order valence-corrected chi connectivity index (χ2v) is 5.68. The van der Waals surface area contributed by atoms with E-state index in [9.17, 15) is 4.79 Å². The zero-order valence-electron chi connectivity index (χ0n) is 13.3.